The predicted octanol–water partition coefficient (Wildman–Crippen LogP) is 5.51. The van der Waals surface area contributed by atoms with Crippen LogP contribution in [-0.4, -0.2) is 21.9 Å². The molecule has 10 heteroatoms. The summed E-state index contributed by atoms with van der Waals surface area (Å²) in [6.45, 7) is 1.60. The van der Waals surface area contributed by atoms with Gasteiger partial charge in [0, 0.05) is 12.0 Å². The van der Waals surface area contributed by atoms with Crippen molar-refractivity contribution in [2.75, 3.05) is 5.32 Å². The van der Waals surface area contributed by atoms with Crippen molar-refractivity contribution in [3.05, 3.63) is 41.6 Å². The number of hydrogen-bond acceptors (Lipinski definition) is 2. The molecule has 0 saturated heterocycles. The van der Waals surface area contributed by atoms with Crippen LogP contribution in [0.3, 0.4) is 0 Å². The first-order chi connectivity index (χ1) is 13.4. The lowest BCUT2D eigenvalue weighted by molar-refractivity contribution is -0.185. The number of nitrogens with zero attached hydrogens (tertiary/aromatic N) is 2. The van der Waals surface area contributed by atoms with Gasteiger partial charge in [0.05, 0.1) is 22.9 Å². The number of aromatic nitrogens is 2. The van der Waals surface area contributed by atoms with Crippen molar-refractivity contribution < 1.29 is 31.1 Å². The number of aryl methyl sites for hydroxylation is 1. The Hall–Kier alpha value is -2.52. The van der Waals surface area contributed by atoms with Crippen LogP contribution in [0.25, 0.3) is 5.69 Å². The summed E-state index contributed by atoms with van der Waals surface area (Å²) in [7, 11) is 0. The summed E-state index contributed by atoms with van der Waals surface area (Å²) >= 11 is 0. The average Bonchev–Trinajstić information content (AvgIpc) is 3.00. The number of carbonyl (C=O) groups excluding carboxylic acids is 1. The molecular weight excluding hydrogens is 400 g/mol. The Morgan fingerprint density at radius 2 is 1.86 bits per heavy atom. The van der Waals surface area contributed by atoms with E-state index in [0.29, 0.717) is 12.1 Å². The largest absolute Gasteiger partial charge is 0.416 e. The molecule has 2 aromatic rings. The molecule has 158 valence electrons. The number of nitrogens with one attached hydrogen (secondary N) is 1. The average molecular weight is 419 g/mol. The fourth-order valence-electron chi connectivity index (χ4n) is 3.55. The third-order valence-corrected chi connectivity index (χ3v) is 5.01. The van der Waals surface area contributed by atoms with Gasteiger partial charge in [-0.15, -0.1) is 0 Å². The SMILES string of the molecule is Cc1cc(NC(=O)C2CCCC(C(F)(F)F)C2)n(-c2cccc(C(F)(F)F)c2)n1. The first kappa shape index (κ1) is 21.2. The molecule has 1 aliphatic carbocycles. The second kappa shape index (κ2) is 7.72. The van der Waals surface area contributed by atoms with Gasteiger partial charge >= 0.3 is 12.4 Å². The third-order valence-electron chi connectivity index (χ3n) is 5.01. The van der Waals surface area contributed by atoms with E-state index >= 15 is 0 Å². The van der Waals surface area contributed by atoms with Gasteiger partial charge in [-0.3, -0.25) is 4.79 Å². The van der Waals surface area contributed by atoms with Crippen molar-refractivity contribution in [1.29, 1.82) is 0 Å². The molecular formula is C19H19F6N3O. The number of carbonyl (C=O) groups is 1. The molecule has 1 heterocycles. The van der Waals surface area contributed by atoms with Crippen molar-refractivity contribution in [3.8, 4) is 5.69 Å². The molecule has 1 saturated carbocycles. The van der Waals surface area contributed by atoms with Crippen molar-refractivity contribution in [2.24, 2.45) is 11.8 Å². The summed E-state index contributed by atoms with van der Waals surface area (Å²) in [5.74, 6) is -2.82. The lowest BCUT2D eigenvalue weighted by Gasteiger charge is -2.29. The monoisotopic (exact) mass is 419 g/mol. The van der Waals surface area contributed by atoms with Gasteiger partial charge in [-0.05, 0) is 44.4 Å². The van der Waals surface area contributed by atoms with E-state index in [9.17, 15) is 31.1 Å². The summed E-state index contributed by atoms with van der Waals surface area (Å²) in [4.78, 5) is 12.6. The van der Waals surface area contributed by atoms with Crippen molar-refractivity contribution in [2.45, 2.75) is 45.0 Å². The zero-order valence-electron chi connectivity index (χ0n) is 15.4. The van der Waals surface area contributed by atoms with Crippen LogP contribution in [0.2, 0.25) is 0 Å². The maximum atomic E-state index is 13.0. The van der Waals surface area contributed by atoms with Crippen molar-refractivity contribution in [1.82, 2.24) is 9.78 Å². The van der Waals surface area contributed by atoms with Crippen LogP contribution in [0.15, 0.2) is 30.3 Å². The molecule has 1 aliphatic rings. The van der Waals surface area contributed by atoms with Crippen LogP contribution in [0.1, 0.15) is 36.9 Å². The lowest BCUT2D eigenvalue weighted by atomic mass is 9.80. The molecule has 1 N–H and O–H groups in total. The van der Waals surface area contributed by atoms with Gasteiger partial charge in [-0.1, -0.05) is 12.5 Å². The Morgan fingerprint density at radius 3 is 2.52 bits per heavy atom. The molecule has 2 unspecified atom stereocenters. The smallest absolute Gasteiger partial charge is 0.310 e. The number of benzene rings is 1. The first-order valence-electron chi connectivity index (χ1n) is 9.07. The second-order valence-corrected chi connectivity index (χ2v) is 7.22. The van der Waals surface area contributed by atoms with E-state index in [2.05, 4.69) is 10.4 Å². The first-order valence-corrected chi connectivity index (χ1v) is 9.07. The molecule has 0 bridgehead atoms. The van der Waals surface area contributed by atoms with E-state index in [1.165, 1.54) is 18.2 Å². The third kappa shape index (κ3) is 4.91. The standard InChI is InChI=1S/C19H19F6N3O/c1-11-8-16(26-17(29)12-4-2-5-13(9-12)18(20,21)22)28(27-11)15-7-3-6-14(10-15)19(23,24)25/h3,6-8,10,12-13H,2,4-5,9H2,1H3,(H,26,29). The van der Waals surface area contributed by atoms with Crippen LogP contribution in [0.4, 0.5) is 32.2 Å². The Morgan fingerprint density at radius 1 is 1.14 bits per heavy atom. The van der Waals surface area contributed by atoms with E-state index in [-0.39, 0.29) is 30.8 Å². The highest BCUT2D eigenvalue weighted by atomic mass is 19.4. The zero-order valence-corrected chi connectivity index (χ0v) is 15.4. The number of rotatable bonds is 3. The Kier molecular flexibility index (Phi) is 5.64. The molecule has 4 nitrogen and oxygen atoms in total. The van der Waals surface area contributed by atoms with Gasteiger partial charge in [0.1, 0.15) is 5.82 Å². The highest BCUT2D eigenvalue weighted by Gasteiger charge is 2.43. The molecule has 29 heavy (non-hydrogen) atoms. The Bertz CT molecular complexity index is 887. The molecule has 1 aromatic carbocycles. The lowest BCUT2D eigenvalue weighted by Crippen LogP contribution is -2.34. The molecule has 1 aromatic heterocycles. The van der Waals surface area contributed by atoms with Gasteiger partial charge in [0.25, 0.3) is 0 Å². The molecule has 0 aliphatic heterocycles. The maximum absolute atomic E-state index is 13.0. The highest BCUT2D eigenvalue weighted by molar-refractivity contribution is 5.92. The number of amides is 1. The minimum Gasteiger partial charge on any atom is -0.310 e. The van der Waals surface area contributed by atoms with E-state index in [1.54, 1.807) is 6.92 Å². The number of hydrogen-bond donors (Lipinski definition) is 1. The second-order valence-electron chi connectivity index (χ2n) is 7.22. The van der Waals surface area contributed by atoms with Gasteiger partial charge < -0.3 is 5.32 Å². The summed E-state index contributed by atoms with van der Waals surface area (Å²) in [6.07, 6.45) is -8.59. The molecule has 3 rings (SSSR count). The zero-order chi connectivity index (χ0) is 21.4. The van der Waals surface area contributed by atoms with Crippen molar-refractivity contribution >= 4 is 11.7 Å². The number of halogens is 6. The number of anilines is 1. The minimum absolute atomic E-state index is 0.00540. The van der Waals surface area contributed by atoms with Crippen LogP contribution in [-0.2, 0) is 11.0 Å². The molecule has 0 radical (unpaired) electrons. The van der Waals surface area contributed by atoms with E-state index in [4.69, 9.17) is 0 Å². The summed E-state index contributed by atoms with van der Waals surface area (Å²) < 4.78 is 79.1. The van der Waals surface area contributed by atoms with E-state index in [1.807, 2.05) is 0 Å². The van der Waals surface area contributed by atoms with Crippen LogP contribution in [0.5, 0.6) is 0 Å². The summed E-state index contributed by atoms with van der Waals surface area (Å²) in [5, 5.41) is 6.65. The molecule has 1 fully saturated rings. The molecule has 1 amide bonds. The summed E-state index contributed by atoms with van der Waals surface area (Å²) in [5.41, 5.74) is -0.352. The Balaban J connectivity index is 1.82. The van der Waals surface area contributed by atoms with E-state index < -0.39 is 35.7 Å². The quantitative estimate of drug-likeness (QED) is 0.668. The minimum atomic E-state index is -4.55. The van der Waals surface area contributed by atoms with Crippen LogP contribution < -0.4 is 5.32 Å². The normalized spacial score (nSPS) is 20.5. The van der Waals surface area contributed by atoms with Crippen LogP contribution in [0, 0.1) is 18.8 Å². The Labute approximate surface area is 162 Å². The summed E-state index contributed by atoms with van der Waals surface area (Å²) in [6, 6.07) is 5.88. The highest BCUT2D eigenvalue weighted by Crippen LogP contribution is 2.40. The predicted molar refractivity (Wildman–Crippen MR) is 93.4 cm³/mol. The van der Waals surface area contributed by atoms with Gasteiger partial charge in [0.2, 0.25) is 5.91 Å². The van der Waals surface area contributed by atoms with E-state index in [0.717, 1.165) is 16.8 Å². The van der Waals surface area contributed by atoms with Gasteiger partial charge in [0.15, 0.2) is 0 Å². The molecule has 0 spiro atoms. The fraction of sp³-hybridized carbons (Fsp3) is 0.474. The fourth-order valence-corrected chi connectivity index (χ4v) is 3.55. The van der Waals surface area contributed by atoms with Gasteiger partial charge in [-0.25, -0.2) is 4.68 Å². The maximum Gasteiger partial charge on any atom is 0.416 e. The topological polar surface area (TPSA) is 46.9 Å². The molecule has 2 atom stereocenters. The van der Waals surface area contributed by atoms with Crippen molar-refractivity contribution in [3.63, 3.8) is 0 Å². The van der Waals surface area contributed by atoms with Crippen LogP contribution >= 0.6 is 0 Å². The van der Waals surface area contributed by atoms with Gasteiger partial charge in [-0.2, -0.15) is 31.4 Å². The number of alkyl halides is 6.